The predicted octanol–water partition coefficient (Wildman–Crippen LogP) is 6.37. The average Bonchev–Trinajstić information content (AvgIpc) is 3.56. The number of urea groups is 1. The number of carbonyl (C=O) groups is 1. The van der Waals surface area contributed by atoms with Gasteiger partial charge in [0.15, 0.2) is 0 Å². The number of halogens is 2. The normalized spacial score (nSPS) is 16.8. The molecule has 0 radical (unpaired) electrons. The number of nitrogens with zero attached hydrogens (tertiary/aromatic N) is 2. The van der Waals surface area contributed by atoms with Crippen molar-refractivity contribution in [3.05, 3.63) is 63.8 Å². The molecule has 0 spiro atoms. The molecular weight excluding hydrogens is 579 g/mol. The molecule has 1 saturated carbocycles. The number of amides is 2. The van der Waals surface area contributed by atoms with E-state index in [2.05, 4.69) is 15.4 Å². The Morgan fingerprint density at radius 1 is 1.12 bits per heavy atom. The second-order valence-corrected chi connectivity index (χ2v) is 11.4. The first-order valence-corrected chi connectivity index (χ1v) is 14.7. The highest BCUT2D eigenvalue weighted by Crippen LogP contribution is 2.46. The summed E-state index contributed by atoms with van der Waals surface area (Å²) in [6, 6.07) is 11.9. The van der Waals surface area contributed by atoms with E-state index in [0.717, 1.165) is 61.2 Å². The van der Waals surface area contributed by atoms with Crippen LogP contribution >= 0.6 is 23.2 Å². The smallest absolute Gasteiger partial charge is 0.332 e. The van der Waals surface area contributed by atoms with Gasteiger partial charge in [0.05, 0.1) is 22.8 Å². The van der Waals surface area contributed by atoms with Crippen molar-refractivity contribution in [1.82, 2.24) is 9.88 Å². The van der Waals surface area contributed by atoms with E-state index in [4.69, 9.17) is 36.9 Å². The zero-order chi connectivity index (χ0) is 27.8. The van der Waals surface area contributed by atoms with Gasteiger partial charge in [-0.1, -0.05) is 34.4 Å². The number of piperidine rings is 1. The number of rotatable bonds is 8. The fraction of sp³-hybridized carbons (Fsp3) is 0.333. The molecule has 10 nitrogen and oxygen atoms in total. The molecule has 0 bridgehead atoms. The summed E-state index contributed by atoms with van der Waals surface area (Å²) in [5.41, 5.74) is 3.84. The molecule has 13 heteroatoms. The number of nitrogens with one attached hydrogen (secondary N) is 2. The van der Waals surface area contributed by atoms with Crippen LogP contribution < -0.4 is 14.9 Å². The van der Waals surface area contributed by atoms with Gasteiger partial charge in [-0.3, -0.25) is 14.2 Å². The standard InChI is InChI=1S/C27H26Cl2N4O6S/c28-20-2-1-3-21(29)24(20)25-19(26(39-31-25)15-4-5-15)14-37-18-8-10-33(11-9-18)17-6-7-22-16(12-17)13-23(38-22)30-27(34)32-40(35)36/h1-3,6-7,12-13,15,18H,4-5,8-11,14H2,(H,35,36)(H2,30,32,34)/p-1. The summed E-state index contributed by atoms with van der Waals surface area (Å²) in [5.74, 6) is 1.38. The summed E-state index contributed by atoms with van der Waals surface area (Å²) in [4.78, 5) is 13.9. The van der Waals surface area contributed by atoms with Crippen LogP contribution in [0.2, 0.25) is 10.0 Å². The Balaban J connectivity index is 1.10. The van der Waals surface area contributed by atoms with Crippen LogP contribution in [0.5, 0.6) is 0 Å². The van der Waals surface area contributed by atoms with Crippen LogP contribution in [0, 0.1) is 0 Å². The summed E-state index contributed by atoms with van der Waals surface area (Å²) < 4.78 is 40.7. The minimum Gasteiger partial charge on any atom is -0.755 e. The van der Waals surface area contributed by atoms with Gasteiger partial charge in [-0.2, -0.15) is 0 Å². The van der Waals surface area contributed by atoms with E-state index in [1.165, 1.54) is 0 Å². The van der Waals surface area contributed by atoms with E-state index in [1.54, 1.807) is 29.0 Å². The van der Waals surface area contributed by atoms with Gasteiger partial charge < -0.3 is 23.1 Å². The fourth-order valence-corrected chi connectivity index (χ4v) is 5.81. The number of furan rings is 1. The predicted molar refractivity (Wildman–Crippen MR) is 151 cm³/mol. The van der Waals surface area contributed by atoms with Gasteiger partial charge in [0.1, 0.15) is 17.0 Å². The van der Waals surface area contributed by atoms with Gasteiger partial charge in [-0.15, -0.1) is 0 Å². The maximum atomic E-state index is 11.6. The number of ether oxygens (including phenoxy) is 1. The highest BCUT2D eigenvalue weighted by Gasteiger charge is 2.34. The molecule has 40 heavy (non-hydrogen) atoms. The zero-order valence-electron chi connectivity index (χ0n) is 21.2. The third-order valence-corrected chi connectivity index (χ3v) is 8.13. The Hall–Kier alpha value is -3.09. The van der Waals surface area contributed by atoms with Gasteiger partial charge in [-0.25, -0.2) is 4.79 Å². The number of fused-ring (bicyclic) bond motifs is 1. The summed E-state index contributed by atoms with van der Waals surface area (Å²) in [6.07, 6.45) is 3.90. The summed E-state index contributed by atoms with van der Waals surface area (Å²) >= 11 is 10.2. The molecule has 2 aromatic carbocycles. The highest BCUT2D eigenvalue weighted by molar-refractivity contribution is 7.77. The zero-order valence-corrected chi connectivity index (χ0v) is 23.5. The molecular formula is C27H25Cl2N4O6S-. The molecule has 4 aromatic rings. The third-order valence-electron chi connectivity index (χ3n) is 7.15. The molecule has 3 heterocycles. The Labute approximate surface area is 242 Å². The molecule has 2 fully saturated rings. The van der Waals surface area contributed by atoms with Crippen LogP contribution in [0.4, 0.5) is 16.4 Å². The second-order valence-electron chi connectivity index (χ2n) is 9.87. The number of hydrogen-bond donors (Lipinski definition) is 2. The quantitative estimate of drug-likeness (QED) is 0.222. The van der Waals surface area contributed by atoms with E-state index in [-0.39, 0.29) is 12.0 Å². The molecule has 1 atom stereocenters. The van der Waals surface area contributed by atoms with Crippen LogP contribution in [0.1, 0.15) is 42.9 Å². The number of hydrogen-bond acceptors (Lipinski definition) is 8. The van der Waals surface area contributed by atoms with Gasteiger partial charge in [0.2, 0.25) is 5.88 Å². The van der Waals surface area contributed by atoms with Crippen molar-refractivity contribution in [2.24, 2.45) is 0 Å². The lowest BCUT2D eigenvalue weighted by atomic mass is 10.0. The molecule has 210 valence electrons. The minimum atomic E-state index is -2.71. The first-order chi connectivity index (χ1) is 19.4. The van der Waals surface area contributed by atoms with E-state index in [1.807, 2.05) is 18.2 Å². The molecule has 1 unspecified atom stereocenters. The van der Waals surface area contributed by atoms with Crippen LogP contribution in [0.3, 0.4) is 0 Å². The Kier molecular flexibility index (Phi) is 7.74. The maximum Gasteiger partial charge on any atom is 0.332 e. The SMILES string of the molecule is O=C(Nc1cc2cc(N3CCC(OCc4c(-c5c(Cl)cccc5Cl)noc4C4CC4)CC3)ccc2o1)NS(=O)[O-]. The van der Waals surface area contributed by atoms with Gasteiger partial charge >= 0.3 is 6.03 Å². The summed E-state index contributed by atoms with van der Waals surface area (Å²) in [6.45, 7) is 1.99. The lowest BCUT2D eigenvalue weighted by Gasteiger charge is -2.33. The maximum absolute atomic E-state index is 11.6. The molecule has 6 rings (SSSR count). The van der Waals surface area contributed by atoms with Crippen LogP contribution in [0.15, 0.2) is 51.4 Å². The summed E-state index contributed by atoms with van der Waals surface area (Å²) in [5, 5.41) is 8.55. The number of anilines is 2. The lowest BCUT2D eigenvalue weighted by molar-refractivity contribution is 0.0246. The molecule has 2 aliphatic rings. The fourth-order valence-electron chi connectivity index (χ4n) is 5.03. The van der Waals surface area contributed by atoms with E-state index in [0.29, 0.717) is 39.4 Å². The monoisotopic (exact) mass is 603 g/mol. The van der Waals surface area contributed by atoms with Crippen molar-refractivity contribution >= 4 is 63.0 Å². The van der Waals surface area contributed by atoms with Crippen molar-refractivity contribution in [3.63, 3.8) is 0 Å². The Morgan fingerprint density at radius 3 is 2.58 bits per heavy atom. The van der Waals surface area contributed by atoms with Crippen LogP contribution in [-0.4, -0.2) is 39.1 Å². The average molecular weight is 604 g/mol. The van der Waals surface area contributed by atoms with E-state index >= 15 is 0 Å². The first-order valence-electron chi connectivity index (χ1n) is 12.9. The van der Waals surface area contributed by atoms with E-state index in [9.17, 15) is 13.6 Å². The Bertz CT molecular complexity index is 1560. The van der Waals surface area contributed by atoms with Crippen molar-refractivity contribution in [1.29, 1.82) is 0 Å². The van der Waals surface area contributed by atoms with Crippen molar-refractivity contribution < 1.29 is 27.2 Å². The molecule has 1 saturated heterocycles. The minimum absolute atomic E-state index is 0.0753. The molecule has 2 N–H and O–H groups in total. The van der Waals surface area contributed by atoms with Crippen molar-refractivity contribution in [2.45, 2.75) is 44.3 Å². The molecule has 1 aliphatic carbocycles. The molecule has 2 amide bonds. The number of aromatic nitrogens is 1. The van der Waals surface area contributed by atoms with Crippen molar-refractivity contribution in [2.75, 3.05) is 23.3 Å². The first kappa shape index (κ1) is 27.1. The number of carbonyl (C=O) groups excluding carboxylic acids is 1. The topological polar surface area (TPSA) is 133 Å². The van der Waals surface area contributed by atoms with Crippen LogP contribution in [0.25, 0.3) is 22.2 Å². The Morgan fingerprint density at radius 2 is 1.88 bits per heavy atom. The van der Waals surface area contributed by atoms with E-state index < -0.39 is 17.3 Å². The highest BCUT2D eigenvalue weighted by atomic mass is 35.5. The number of benzene rings is 2. The lowest BCUT2D eigenvalue weighted by Crippen LogP contribution is -2.37. The van der Waals surface area contributed by atoms with Crippen LogP contribution in [-0.2, 0) is 22.6 Å². The third kappa shape index (κ3) is 5.84. The molecule has 1 aliphatic heterocycles. The second kappa shape index (κ2) is 11.4. The van der Waals surface area contributed by atoms with Gasteiger partial charge in [0.25, 0.3) is 0 Å². The van der Waals surface area contributed by atoms with Gasteiger partial charge in [-0.05, 0) is 56.0 Å². The summed E-state index contributed by atoms with van der Waals surface area (Å²) in [7, 11) is 0. The molecule has 2 aromatic heterocycles. The largest absolute Gasteiger partial charge is 0.755 e. The van der Waals surface area contributed by atoms with Crippen molar-refractivity contribution in [3.8, 4) is 11.3 Å². The van der Waals surface area contributed by atoms with Gasteiger partial charge in [0, 0.05) is 58.5 Å².